The summed E-state index contributed by atoms with van der Waals surface area (Å²) in [5.41, 5.74) is 0.907. The van der Waals surface area contributed by atoms with Crippen LogP contribution in [-0.2, 0) is 29.7 Å². The number of nitrogens with zero attached hydrogens (tertiary/aromatic N) is 2. The average Bonchev–Trinajstić information content (AvgIpc) is 2.91. The molecule has 2 rings (SSSR count). The highest BCUT2D eigenvalue weighted by atomic mass is 32.2. The zero-order chi connectivity index (χ0) is 31.6. The van der Waals surface area contributed by atoms with Gasteiger partial charge in [-0.15, -0.1) is 0 Å². The minimum absolute atomic E-state index is 0.126. The topological polar surface area (TPSA) is 129 Å². The molecule has 0 aliphatic heterocycles. The fraction of sp³-hybridized carbons (Fsp3) is 0.586. The van der Waals surface area contributed by atoms with E-state index in [1.54, 1.807) is 32.0 Å². The molecule has 9 nitrogen and oxygen atoms in total. The molecule has 0 aliphatic rings. The Bertz CT molecular complexity index is 1450. The third-order valence-electron chi connectivity index (χ3n) is 6.99. The first kappa shape index (κ1) is 37.0. The van der Waals surface area contributed by atoms with Gasteiger partial charge in [-0.1, -0.05) is 51.6 Å². The molecular formula is C29H48N2O7S3. The molecule has 2 unspecified atom stereocenters. The summed E-state index contributed by atoms with van der Waals surface area (Å²) >= 11 is 0. The zero-order valence-corrected chi connectivity index (χ0v) is 27.9. The molecule has 0 radical (unpaired) electrons. The zero-order valence-electron chi connectivity index (χ0n) is 25.4. The SMILES string of the molecule is C=CS(=O)(=O)CCC(C)C.CCC(C)N(CCS(=O)(=O)C(C)CCO)S(=O)(=O)c1cccc2c(N(C)C)cccc12. The van der Waals surface area contributed by atoms with Gasteiger partial charge in [0.2, 0.25) is 10.0 Å². The predicted octanol–water partition coefficient (Wildman–Crippen LogP) is 4.47. The van der Waals surface area contributed by atoms with Crippen LogP contribution in [0.4, 0.5) is 5.69 Å². The van der Waals surface area contributed by atoms with Crippen molar-refractivity contribution in [2.24, 2.45) is 5.92 Å². The number of aliphatic hydroxyl groups is 1. The van der Waals surface area contributed by atoms with Crippen molar-refractivity contribution in [3.05, 3.63) is 48.4 Å². The van der Waals surface area contributed by atoms with Crippen molar-refractivity contribution in [1.29, 1.82) is 0 Å². The number of hydrogen-bond donors (Lipinski definition) is 1. The molecule has 0 aromatic heterocycles. The molecule has 0 saturated heterocycles. The minimum Gasteiger partial charge on any atom is -0.396 e. The second kappa shape index (κ2) is 16.0. The van der Waals surface area contributed by atoms with Gasteiger partial charge in [-0.2, -0.15) is 4.31 Å². The van der Waals surface area contributed by atoms with Crippen LogP contribution in [0.5, 0.6) is 0 Å². The molecule has 0 bridgehead atoms. The highest BCUT2D eigenvalue weighted by Gasteiger charge is 2.32. The molecule has 41 heavy (non-hydrogen) atoms. The first-order chi connectivity index (χ1) is 18.9. The largest absolute Gasteiger partial charge is 0.396 e. The lowest BCUT2D eigenvalue weighted by molar-refractivity contribution is 0.287. The normalized spacial score (nSPS) is 14.0. The van der Waals surface area contributed by atoms with Crippen LogP contribution in [0.2, 0.25) is 0 Å². The van der Waals surface area contributed by atoms with Crippen molar-refractivity contribution in [3.63, 3.8) is 0 Å². The monoisotopic (exact) mass is 632 g/mol. The van der Waals surface area contributed by atoms with Crippen LogP contribution in [0.1, 0.15) is 53.9 Å². The number of hydrogen-bond acceptors (Lipinski definition) is 8. The summed E-state index contributed by atoms with van der Waals surface area (Å²) in [5.74, 6) is 0.384. The number of anilines is 1. The lowest BCUT2D eigenvalue weighted by atomic mass is 10.1. The summed E-state index contributed by atoms with van der Waals surface area (Å²) in [6.07, 6.45) is 1.41. The third kappa shape index (κ3) is 10.7. The van der Waals surface area contributed by atoms with Gasteiger partial charge in [0.25, 0.3) is 0 Å². The predicted molar refractivity (Wildman–Crippen MR) is 170 cm³/mol. The Balaban J connectivity index is 0.000000716. The first-order valence-electron chi connectivity index (χ1n) is 13.8. The summed E-state index contributed by atoms with van der Waals surface area (Å²) in [6.45, 7) is 12.1. The van der Waals surface area contributed by atoms with Gasteiger partial charge in [0.1, 0.15) is 0 Å². The van der Waals surface area contributed by atoms with Gasteiger partial charge in [0.05, 0.1) is 21.7 Å². The fourth-order valence-corrected chi connectivity index (χ4v) is 8.36. The van der Waals surface area contributed by atoms with Crippen LogP contribution in [-0.4, -0.2) is 84.7 Å². The molecule has 1 N–H and O–H groups in total. The molecule has 12 heteroatoms. The Labute approximate surface area is 248 Å². The molecule has 2 aromatic carbocycles. The van der Waals surface area contributed by atoms with E-state index in [2.05, 4.69) is 6.58 Å². The van der Waals surface area contributed by atoms with Gasteiger partial charge in [0.15, 0.2) is 19.7 Å². The van der Waals surface area contributed by atoms with Crippen molar-refractivity contribution in [3.8, 4) is 0 Å². The van der Waals surface area contributed by atoms with Gasteiger partial charge in [-0.05, 0) is 51.2 Å². The molecule has 0 saturated carbocycles. The van der Waals surface area contributed by atoms with Gasteiger partial charge in [-0.3, -0.25) is 0 Å². The number of benzene rings is 2. The smallest absolute Gasteiger partial charge is 0.243 e. The number of aliphatic hydroxyl groups excluding tert-OH is 1. The van der Waals surface area contributed by atoms with Crippen molar-refractivity contribution in [1.82, 2.24) is 4.31 Å². The van der Waals surface area contributed by atoms with Crippen molar-refractivity contribution < 1.29 is 30.4 Å². The highest BCUT2D eigenvalue weighted by molar-refractivity contribution is 7.94. The summed E-state index contributed by atoms with van der Waals surface area (Å²) in [4.78, 5) is 2.11. The molecule has 2 atom stereocenters. The standard InChI is InChI=1S/C22H34N2O5S2.C7H14O2S/c1-6-17(2)24(14-16-30(26,27)18(3)13-15-25)31(28,29)22-12-8-9-19-20(22)10-7-11-21(19)23(4)5;1-4-10(8,9)6-5-7(2)3/h7-12,17-18,25H,6,13-16H2,1-5H3;4,7H,1,5-6H2,2-3H3. The molecular weight excluding hydrogens is 585 g/mol. The second-order valence-corrected chi connectivity index (χ2v) is 17.3. The summed E-state index contributed by atoms with van der Waals surface area (Å²) in [6, 6.07) is 10.4. The van der Waals surface area contributed by atoms with Gasteiger partial charge in [-0.25, -0.2) is 25.3 Å². The van der Waals surface area contributed by atoms with Crippen LogP contribution in [0, 0.1) is 5.92 Å². The van der Waals surface area contributed by atoms with E-state index in [-0.39, 0.29) is 42.0 Å². The van der Waals surface area contributed by atoms with E-state index in [4.69, 9.17) is 5.11 Å². The third-order valence-corrected chi connectivity index (χ3v) is 12.6. The van der Waals surface area contributed by atoms with Crippen LogP contribution in [0.3, 0.4) is 0 Å². The van der Waals surface area contributed by atoms with Crippen molar-refractivity contribution >= 4 is 46.2 Å². The van der Waals surface area contributed by atoms with E-state index in [9.17, 15) is 25.3 Å². The van der Waals surface area contributed by atoms with E-state index in [1.807, 2.05) is 58.0 Å². The molecule has 234 valence electrons. The van der Waals surface area contributed by atoms with E-state index in [0.29, 0.717) is 24.1 Å². The average molecular weight is 633 g/mol. The number of rotatable bonds is 15. The maximum Gasteiger partial charge on any atom is 0.243 e. The summed E-state index contributed by atoms with van der Waals surface area (Å²) < 4.78 is 75.5. The lowest BCUT2D eigenvalue weighted by Crippen LogP contribution is -2.42. The Morgan fingerprint density at radius 2 is 1.46 bits per heavy atom. The summed E-state index contributed by atoms with van der Waals surface area (Å²) in [5, 5.41) is 10.8. The van der Waals surface area contributed by atoms with E-state index in [0.717, 1.165) is 16.5 Å². The minimum atomic E-state index is -3.94. The van der Waals surface area contributed by atoms with E-state index < -0.39 is 34.9 Å². The first-order valence-corrected chi connectivity index (χ1v) is 18.7. The Morgan fingerprint density at radius 3 is 1.98 bits per heavy atom. The Hall–Kier alpha value is -1.99. The van der Waals surface area contributed by atoms with Gasteiger partial charge < -0.3 is 10.0 Å². The Kier molecular flexibility index (Phi) is 14.5. The molecule has 0 amide bonds. The van der Waals surface area contributed by atoms with Crippen molar-refractivity contribution in [2.45, 2.75) is 70.1 Å². The maximum atomic E-state index is 13.7. The number of sulfonamides is 1. The van der Waals surface area contributed by atoms with Crippen LogP contribution >= 0.6 is 0 Å². The van der Waals surface area contributed by atoms with Gasteiger partial charge >= 0.3 is 0 Å². The number of fused-ring (bicyclic) bond motifs is 1. The van der Waals surface area contributed by atoms with E-state index in [1.165, 1.54) is 4.31 Å². The lowest BCUT2D eigenvalue weighted by Gasteiger charge is -2.29. The molecule has 0 fully saturated rings. The molecule has 2 aromatic rings. The molecule has 0 heterocycles. The van der Waals surface area contributed by atoms with Crippen molar-refractivity contribution in [2.75, 3.05) is 43.7 Å². The fourth-order valence-electron chi connectivity index (χ4n) is 4.05. The van der Waals surface area contributed by atoms with Crippen LogP contribution < -0.4 is 4.90 Å². The van der Waals surface area contributed by atoms with E-state index >= 15 is 0 Å². The maximum absolute atomic E-state index is 13.7. The van der Waals surface area contributed by atoms with Crippen LogP contribution in [0.15, 0.2) is 53.3 Å². The van der Waals surface area contributed by atoms with Crippen LogP contribution in [0.25, 0.3) is 10.8 Å². The highest BCUT2D eigenvalue weighted by Crippen LogP contribution is 2.32. The Morgan fingerprint density at radius 1 is 0.878 bits per heavy atom. The second-order valence-electron chi connectivity index (χ2n) is 10.8. The summed E-state index contributed by atoms with van der Waals surface area (Å²) in [7, 11) is -6.62. The molecule has 0 spiro atoms. The number of sulfone groups is 2. The molecule has 0 aliphatic carbocycles. The quantitative estimate of drug-likeness (QED) is 0.305. The van der Waals surface area contributed by atoms with Gasteiger partial charge in [0, 0.05) is 55.2 Å².